The van der Waals surface area contributed by atoms with Crippen LogP contribution in [0.25, 0.3) is 10.9 Å². The molecule has 0 aliphatic rings. The van der Waals surface area contributed by atoms with E-state index >= 15 is 0 Å². The van der Waals surface area contributed by atoms with Crippen LogP contribution in [0, 0.1) is 6.92 Å². The molecule has 0 radical (unpaired) electrons. The minimum Gasteiger partial charge on any atom is -0.456 e. The van der Waals surface area contributed by atoms with E-state index in [1.807, 2.05) is 35.0 Å². The fraction of sp³-hybridized carbons (Fsp3) is 0.167. The van der Waals surface area contributed by atoms with E-state index in [-0.39, 0.29) is 18.1 Å². The van der Waals surface area contributed by atoms with Crippen LogP contribution in [0.15, 0.2) is 52.1 Å². The monoisotopic (exact) mass is 338 g/mol. The first kappa shape index (κ1) is 16.5. The Bertz CT molecular complexity index is 952. The average molecular weight is 338 g/mol. The van der Waals surface area contributed by atoms with E-state index in [0.717, 1.165) is 16.5 Å². The maximum Gasteiger partial charge on any atom is 0.307 e. The zero-order chi connectivity index (χ0) is 17.8. The predicted molar refractivity (Wildman–Crippen MR) is 94.3 cm³/mol. The number of primary amides is 1. The molecule has 1 aromatic carbocycles. The number of aromatic nitrogens is 1. The van der Waals surface area contributed by atoms with Crippen molar-refractivity contribution in [2.75, 3.05) is 0 Å². The molecule has 0 fully saturated rings. The Hall–Kier alpha value is -3.35. The summed E-state index contributed by atoms with van der Waals surface area (Å²) in [5.41, 5.74) is 9.47. The lowest BCUT2D eigenvalue weighted by molar-refractivity contribution is -0.118. The number of para-hydroxylation sites is 1. The van der Waals surface area contributed by atoms with Gasteiger partial charge in [0.15, 0.2) is 5.76 Å². The van der Waals surface area contributed by atoms with E-state index in [4.69, 9.17) is 10.2 Å². The number of hydrogen-bond acceptors (Lipinski definition) is 4. The zero-order valence-electron chi connectivity index (χ0n) is 13.7. The third kappa shape index (κ3) is 3.77. The highest BCUT2D eigenvalue weighted by Gasteiger charge is 2.10. The fourth-order valence-corrected chi connectivity index (χ4v) is 2.57. The molecular weight excluding hydrogens is 320 g/mol. The number of amides is 2. The second-order valence-electron chi connectivity index (χ2n) is 5.62. The number of carbonyl (C=O) groups is 2. The molecule has 0 aliphatic carbocycles. The molecule has 0 bridgehead atoms. The molecule has 0 saturated carbocycles. The zero-order valence-corrected chi connectivity index (χ0v) is 13.7. The van der Waals surface area contributed by atoms with Crippen molar-refractivity contribution in [3.8, 4) is 0 Å². The smallest absolute Gasteiger partial charge is 0.307 e. The van der Waals surface area contributed by atoms with Crippen LogP contribution in [0.5, 0.6) is 0 Å². The number of benzene rings is 1. The molecule has 0 saturated heterocycles. The minimum absolute atomic E-state index is 0.207. The first-order chi connectivity index (χ1) is 12.0. The molecule has 3 aromatic rings. The van der Waals surface area contributed by atoms with Gasteiger partial charge in [0, 0.05) is 35.6 Å². The highest BCUT2D eigenvalue weighted by molar-refractivity contribution is 6.00. The summed E-state index contributed by atoms with van der Waals surface area (Å²) in [6.45, 7) is 2.25. The first-order valence-corrected chi connectivity index (χ1v) is 7.80. The molecule has 3 rings (SSSR count). The third-order valence-electron chi connectivity index (χ3n) is 3.75. The fourth-order valence-electron chi connectivity index (χ4n) is 2.57. The number of carbonyl (C=O) groups excluding carboxylic acids is 2. The van der Waals surface area contributed by atoms with Crippen LogP contribution >= 0.6 is 0 Å². The van der Waals surface area contributed by atoms with Gasteiger partial charge < -0.3 is 14.7 Å². The van der Waals surface area contributed by atoms with Crippen molar-refractivity contribution < 1.29 is 14.0 Å². The molecule has 2 amide bonds. The molecule has 0 aliphatic heterocycles. The maximum absolute atomic E-state index is 11.9. The molecule has 7 heteroatoms. The van der Waals surface area contributed by atoms with Crippen molar-refractivity contribution in [2.24, 2.45) is 10.8 Å². The number of nitrogens with one attached hydrogen (secondary N) is 1. The SMILES string of the molecule is Cc1ccc(C(=O)N/N=C\c2cn(CCC(N)=O)c3ccccc23)o1. The molecule has 7 nitrogen and oxygen atoms in total. The Balaban J connectivity index is 1.78. The van der Waals surface area contributed by atoms with Crippen LogP contribution in [-0.4, -0.2) is 22.6 Å². The minimum atomic E-state index is -0.415. The lowest BCUT2D eigenvalue weighted by Crippen LogP contribution is -2.16. The summed E-state index contributed by atoms with van der Waals surface area (Å²) in [5.74, 6) is 0.0982. The van der Waals surface area contributed by atoms with Gasteiger partial charge in [-0.1, -0.05) is 18.2 Å². The number of aryl methyl sites for hydroxylation is 2. The highest BCUT2D eigenvalue weighted by Crippen LogP contribution is 2.20. The standard InChI is InChI=1S/C18H18N4O3/c1-12-6-7-16(25-12)18(24)21-20-10-13-11-22(9-8-17(19)23)15-5-3-2-4-14(13)15/h2-7,10-11H,8-9H2,1H3,(H2,19,23)(H,21,24)/b20-10-. The summed E-state index contributed by atoms with van der Waals surface area (Å²) in [6, 6.07) is 11.1. The molecule has 128 valence electrons. The van der Waals surface area contributed by atoms with Crippen LogP contribution in [0.1, 0.15) is 28.3 Å². The third-order valence-corrected chi connectivity index (χ3v) is 3.75. The molecule has 0 atom stereocenters. The highest BCUT2D eigenvalue weighted by atomic mass is 16.3. The molecular formula is C18H18N4O3. The van der Waals surface area contributed by atoms with E-state index in [2.05, 4.69) is 10.5 Å². The summed E-state index contributed by atoms with van der Waals surface area (Å²) in [4.78, 5) is 22.9. The molecule has 2 aromatic heterocycles. The largest absolute Gasteiger partial charge is 0.456 e. The number of rotatable bonds is 6. The van der Waals surface area contributed by atoms with Crippen molar-refractivity contribution in [3.05, 3.63) is 59.7 Å². The maximum atomic E-state index is 11.9. The summed E-state index contributed by atoms with van der Waals surface area (Å²) < 4.78 is 7.19. The van der Waals surface area contributed by atoms with Gasteiger partial charge in [-0.05, 0) is 25.1 Å². The van der Waals surface area contributed by atoms with Crippen LogP contribution < -0.4 is 11.2 Å². The number of nitrogens with two attached hydrogens (primary N) is 1. The topological polar surface area (TPSA) is 103 Å². The van der Waals surface area contributed by atoms with E-state index in [1.165, 1.54) is 0 Å². The van der Waals surface area contributed by atoms with Crippen molar-refractivity contribution in [2.45, 2.75) is 19.9 Å². The van der Waals surface area contributed by atoms with Gasteiger partial charge in [0.1, 0.15) is 5.76 Å². The van der Waals surface area contributed by atoms with Crippen molar-refractivity contribution in [1.82, 2.24) is 9.99 Å². The van der Waals surface area contributed by atoms with E-state index < -0.39 is 5.91 Å². The second kappa shape index (κ2) is 7.04. The van der Waals surface area contributed by atoms with Gasteiger partial charge in [-0.15, -0.1) is 0 Å². The Morgan fingerprint density at radius 2 is 2.08 bits per heavy atom. The Morgan fingerprint density at radius 1 is 1.28 bits per heavy atom. The van der Waals surface area contributed by atoms with Crippen LogP contribution in [0.2, 0.25) is 0 Å². The van der Waals surface area contributed by atoms with Gasteiger partial charge in [0.05, 0.1) is 6.21 Å². The summed E-state index contributed by atoms with van der Waals surface area (Å²) in [5, 5.41) is 4.97. The van der Waals surface area contributed by atoms with Gasteiger partial charge >= 0.3 is 5.91 Å². The summed E-state index contributed by atoms with van der Waals surface area (Å²) in [7, 11) is 0. The average Bonchev–Trinajstić information content (AvgIpc) is 3.17. The molecule has 2 heterocycles. The van der Waals surface area contributed by atoms with Crippen molar-refractivity contribution >= 4 is 28.9 Å². The quantitative estimate of drug-likeness (QED) is 0.532. The number of hydrogen-bond donors (Lipinski definition) is 2. The summed E-state index contributed by atoms with van der Waals surface area (Å²) >= 11 is 0. The summed E-state index contributed by atoms with van der Waals surface area (Å²) in [6.07, 6.45) is 3.70. The number of fused-ring (bicyclic) bond motifs is 1. The molecule has 3 N–H and O–H groups in total. The van der Waals surface area contributed by atoms with Crippen LogP contribution in [-0.2, 0) is 11.3 Å². The van der Waals surface area contributed by atoms with E-state index in [0.29, 0.717) is 12.3 Å². The Labute approximate surface area is 144 Å². The molecule has 0 spiro atoms. The normalized spacial score (nSPS) is 11.2. The van der Waals surface area contributed by atoms with Gasteiger partial charge in [-0.25, -0.2) is 5.43 Å². The molecule has 0 unspecified atom stereocenters. The van der Waals surface area contributed by atoms with E-state index in [9.17, 15) is 9.59 Å². The van der Waals surface area contributed by atoms with Crippen LogP contribution in [0.3, 0.4) is 0 Å². The second-order valence-corrected chi connectivity index (χ2v) is 5.62. The van der Waals surface area contributed by atoms with Gasteiger partial charge in [-0.2, -0.15) is 5.10 Å². The lowest BCUT2D eigenvalue weighted by atomic mass is 10.2. The van der Waals surface area contributed by atoms with Gasteiger partial charge in [0.25, 0.3) is 0 Å². The van der Waals surface area contributed by atoms with Crippen molar-refractivity contribution in [1.29, 1.82) is 0 Å². The van der Waals surface area contributed by atoms with Crippen LogP contribution in [0.4, 0.5) is 0 Å². The first-order valence-electron chi connectivity index (χ1n) is 7.80. The van der Waals surface area contributed by atoms with Gasteiger partial charge in [-0.3, -0.25) is 9.59 Å². The van der Waals surface area contributed by atoms with Gasteiger partial charge in [0.2, 0.25) is 5.91 Å². The number of furan rings is 1. The number of hydrazone groups is 1. The van der Waals surface area contributed by atoms with Crippen molar-refractivity contribution in [3.63, 3.8) is 0 Å². The Kier molecular flexibility index (Phi) is 4.65. The predicted octanol–water partition coefficient (Wildman–Crippen LogP) is 2.18. The molecule has 25 heavy (non-hydrogen) atoms. The number of nitrogens with zero attached hydrogens (tertiary/aromatic N) is 2. The van der Waals surface area contributed by atoms with E-state index in [1.54, 1.807) is 25.3 Å². The lowest BCUT2D eigenvalue weighted by Gasteiger charge is -2.02. The Morgan fingerprint density at radius 3 is 2.80 bits per heavy atom.